The number of anilines is 1. The molecule has 0 amide bonds. The third-order valence-electron chi connectivity index (χ3n) is 6.48. The molecule has 1 aliphatic carbocycles. The number of phenolic OH excluding ortho intramolecular Hbond substituents is 1. The smallest absolute Gasteiger partial charge is 0.148 e. The van der Waals surface area contributed by atoms with E-state index >= 15 is 0 Å². The van der Waals surface area contributed by atoms with Crippen LogP contribution in [-0.2, 0) is 10.2 Å². The molecular weight excluding hydrogens is 324 g/mol. The molecule has 2 bridgehead atoms. The van der Waals surface area contributed by atoms with E-state index in [1.807, 2.05) is 6.07 Å². The minimum absolute atomic E-state index is 0. The first-order valence-corrected chi connectivity index (χ1v) is 8.39. The molecule has 1 aromatic carbocycles. The van der Waals surface area contributed by atoms with Gasteiger partial charge >= 0.3 is 0 Å². The Balaban J connectivity index is 0.00000146. The van der Waals surface area contributed by atoms with Crippen molar-refractivity contribution in [1.82, 2.24) is 4.90 Å². The van der Waals surface area contributed by atoms with Crippen molar-refractivity contribution in [3.8, 4) is 5.75 Å². The van der Waals surface area contributed by atoms with Gasteiger partial charge in [0, 0.05) is 36.3 Å². The van der Waals surface area contributed by atoms with E-state index in [-0.39, 0.29) is 29.5 Å². The fraction of sp³-hybridized carbons (Fsp3) is 0.421. The number of fused-ring (bicyclic) bond motifs is 2. The average Bonchev–Trinajstić information content (AvgIpc) is 3.12. The number of nitrogens with zero attached hydrogens (tertiary/aromatic N) is 1. The predicted octanol–water partition coefficient (Wildman–Crippen LogP) is 2.98. The second-order valence-electron chi connectivity index (χ2n) is 7.13. The molecule has 3 aliphatic heterocycles. The van der Waals surface area contributed by atoms with Crippen molar-refractivity contribution in [3.05, 3.63) is 46.7 Å². The van der Waals surface area contributed by atoms with Crippen LogP contribution >= 0.6 is 12.4 Å². The zero-order valence-electron chi connectivity index (χ0n) is 13.6. The highest BCUT2D eigenvalue weighted by Gasteiger charge is 2.61. The van der Waals surface area contributed by atoms with Gasteiger partial charge in [0.2, 0.25) is 0 Å². The lowest BCUT2D eigenvalue weighted by Gasteiger charge is -2.48. The van der Waals surface area contributed by atoms with Gasteiger partial charge in [0.1, 0.15) is 12.0 Å². The SMILES string of the molecule is C/C=C1/CN2CC[C@]34C(=C(C=O)[C@@H]1C[C@@H]23)Nc1c(O)cccc14.Cl. The van der Waals surface area contributed by atoms with E-state index < -0.39 is 0 Å². The quantitative estimate of drug-likeness (QED) is 0.467. The molecule has 24 heavy (non-hydrogen) atoms. The van der Waals surface area contributed by atoms with E-state index in [2.05, 4.69) is 29.3 Å². The van der Waals surface area contributed by atoms with Crippen LogP contribution in [0.3, 0.4) is 0 Å². The molecule has 3 heterocycles. The molecule has 4 aliphatic rings. The summed E-state index contributed by atoms with van der Waals surface area (Å²) in [6.07, 6.45) is 5.24. The third kappa shape index (κ3) is 1.60. The highest BCUT2D eigenvalue weighted by molar-refractivity contribution is 5.86. The Bertz CT molecular complexity index is 801. The number of phenols is 1. The molecule has 2 N–H and O–H groups in total. The maximum absolute atomic E-state index is 12.0. The number of hydrogen-bond donors (Lipinski definition) is 2. The summed E-state index contributed by atoms with van der Waals surface area (Å²) in [7, 11) is 0. The van der Waals surface area contributed by atoms with Gasteiger partial charge < -0.3 is 10.4 Å². The van der Waals surface area contributed by atoms with Crippen molar-refractivity contribution in [2.45, 2.75) is 31.2 Å². The molecule has 126 valence electrons. The first-order chi connectivity index (χ1) is 11.2. The molecule has 2 saturated heterocycles. The van der Waals surface area contributed by atoms with Crippen molar-refractivity contribution in [1.29, 1.82) is 0 Å². The van der Waals surface area contributed by atoms with Crippen molar-refractivity contribution in [3.63, 3.8) is 0 Å². The number of carbonyl (C=O) groups is 1. The number of para-hydroxylation sites is 1. The van der Waals surface area contributed by atoms with Gasteiger partial charge in [-0.1, -0.05) is 23.8 Å². The summed E-state index contributed by atoms with van der Waals surface area (Å²) in [4.78, 5) is 14.5. The lowest BCUT2D eigenvalue weighted by Crippen LogP contribution is -2.52. The Morgan fingerprint density at radius 1 is 1.42 bits per heavy atom. The summed E-state index contributed by atoms with van der Waals surface area (Å²) in [6, 6.07) is 6.18. The number of rotatable bonds is 1. The normalized spacial score (nSPS) is 34.5. The molecule has 3 atom stereocenters. The summed E-state index contributed by atoms with van der Waals surface area (Å²) < 4.78 is 0. The third-order valence-corrected chi connectivity index (χ3v) is 6.48. The Kier molecular flexibility index (Phi) is 3.35. The molecule has 0 aromatic heterocycles. The van der Waals surface area contributed by atoms with Gasteiger partial charge in [-0.25, -0.2) is 0 Å². The second kappa shape index (κ2) is 5.11. The van der Waals surface area contributed by atoms with Gasteiger partial charge in [-0.3, -0.25) is 9.69 Å². The van der Waals surface area contributed by atoms with Crippen LogP contribution in [0.15, 0.2) is 41.1 Å². The minimum atomic E-state index is -0.139. The number of hydrogen-bond acceptors (Lipinski definition) is 4. The maximum Gasteiger partial charge on any atom is 0.148 e. The highest BCUT2D eigenvalue weighted by atomic mass is 35.5. The Morgan fingerprint density at radius 2 is 2.25 bits per heavy atom. The number of aldehydes is 1. The largest absolute Gasteiger partial charge is 0.506 e. The first-order valence-electron chi connectivity index (χ1n) is 8.39. The number of piperidine rings is 1. The van der Waals surface area contributed by atoms with E-state index in [0.29, 0.717) is 6.04 Å². The van der Waals surface area contributed by atoms with E-state index in [4.69, 9.17) is 0 Å². The van der Waals surface area contributed by atoms with Crippen LogP contribution in [0.2, 0.25) is 0 Å². The summed E-state index contributed by atoms with van der Waals surface area (Å²) in [5.74, 6) is 0.507. The molecule has 0 unspecified atom stereocenters. The fourth-order valence-corrected chi connectivity index (χ4v) is 5.50. The number of allylic oxidation sites excluding steroid dienone is 2. The van der Waals surface area contributed by atoms with Gasteiger partial charge in [0.05, 0.1) is 11.1 Å². The van der Waals surface area contributed by atoms with E-state index in [1.165, 1.54) is 11.1 Å². The number of carbonyl (C=O) groups excluding carboxylic acids is 1. The zero-order chi connectivity index (χ0) is 15.8. The Hall–Kier alpha value is -1.78. The van der Waals surface area contributed by atoms with Crippen LogP contribution in [0.5, 0.6) is 5.75 Å². The zero-order valence-corrected chi connectivity index (χ0v) is 14.4. The molecule has 2 fully saturated rings. The average molecular weight is 345 g/mol. The van der Waals surface area contributed by atoms with Crippen LogP contribution in [0, 0.1) is 5.92 Å². The van der Waals surface area contributed by atoms with Crippen molar-refractivity contribution in [2.24, 2.45) is 5.92 Å². The molecule has 0 saturated carbocycles. The summed E-state index contributed by atoms with van der Waals surface area (Å²) in [5, 5.41) is 13.7. The standard InChI is InChI=1S/C19H20N2O2.ClH/c1-2-11-9-21-7-6-19-14-4-3-5-15(23)17(14)20-18(19)13(10-22)12(11)8-16(19)21;/h2-5,10,12,16,20,23H,6-9H2,1H3;1H/b11-2-;/t12-,16-,19-;/m1./s1. The molecule has 5 rings (SSSR count). The summed E-state index contributed by atoms with van der Waals surface area (Å²) in [5.41, 5.74) is 5.13. The van der Waals surface area contributed by atoms with E-state index in [1.54, 1.807) is 6.07 Å². The molecule has 0 radical (unpaired) electrons. The maximum atomic E-state index is 12.0. The second-order valence-corrected chi connectivity index (χ2v) is 7.13. The van der Waals surface area contributed by atoms with Gasteiger partial charge in [-0.15, -0.1) is 12.4 Å². The van der Waals surface area contributed by atoms with Gasteiger partial charge in [0.15, 0.2) is 0 Å². The summed E-state index contributed by atoms with van der Waals surface area (Å²) in [6.45, 7) is 4.08. The number of nitrogens with one attached hydrogen (secondary N) is 1. The van der Waals surface area contributed by atoms with Crippen LogP contribution in [0.25, 0.3) is 0 Å². The lowest BCUT2D eigenvalue weighted by atomic mass is 9.62. The molecule has 1 spiro atoms. The van der Waals surface area contributed by atoms with E-state index in [0.717, 1.165) is 49.2 Å². The van der Waals surface area contributed by atoms with Crippen LogP contribution in [0.4, 0.5) is 5.69 Å². The van der Waals surface area contributed by atoms with Crippen LogP contribution in [-0.4, -0.2) is 35.4 Å². The van der Waals surface area contributed by atoms with Crippen LogP contribution in [0.1, 0.15) is 25.3 Å². The van der Waals surface area contributed by atoms with Crippen LogP contribution < -0.4 is 5.32 Å². The first kappa shape index (κ1) is 15.7. The van der Waals surface area contributed by atoms with E-state index in [9.17, 15) is 9.90 Å². The minimum Gasteiger partial charge on any atom is -0.506 e. The lowest BCUT2D eigenvalue weighted by molar-refractivity contribution is -0.105. The van der Waals surface area contributed by atoms with Crippen molar-refractivity contribution >= 4 is 24.4 Å². The number of benzene rings is 1. The fourth-order valence-electron chi connectivity index (χ4n) is 5.50. The molecule has 5 heteroatoms. The summed E-state index contributed by atoms with van der Waals surface area (Å²) >= 11 is 0. The number of aromatic hydroxyl groups is 1. The van der Waals surface area contributed by atoms with Gasteiger partial charge in [-0.2, -0.15) is 0 Å². The Morgan fingerprint density at radius 3 is 3.00 bits per heavy atom. The predicted molar refractivity (Wildman–Crippen MR) is 95.6 cm³/mol. The highest BCUT2D eigenvalue weighted by Crippen LogP contribution is 2.61. The van der Waals surface area contributed by atoms with Gasteiger partial charge in [0.25, 0.3) is 0 Å². The monoisotopic (exact) mass is 344 g/mol. The Labute approximate surface area is 147 Å². The topological polar surface area (TPSA) is 52.6 Å². The van der Waals surface area contributed by atoms with Crippen molar-refractivity contribution in [2.75, 3.05) is 18.4 Å². The number of halogens is 1. The molecule has 1 aromatic rings. The molecular formula is C19H21ClN2O2. The van der Waals surface area contributed by atoms with Gasteiger partial charge in [-0.05, 0) is 31.4 Å². The molecule has 4 nitrogen and oxygen atoms in total. The van der Waals surface area contributed by atoms with Crippen molar-refractivity contribution < 1.29 is 9.90 Å².